The number of alkyl halides is 3. The molecule has 4 rings (SSSR count). The van der Waals surface area contributed by atoms with Crippen LogP contribution in [0.5, 0.6) is 0 Å². The Bertz CT molecular complexity index is 917. The molecule has 1 aliphatic carbocycles. The third-order valence-corrected chi connectivity index (χ3v) is 6.75. The second-order valence-corrected chi connectivity index (χ2v) is 9.02. The molecule has 1 saturated carbocycles. The molecule has 1 aromatic heterocycles. The number of benzene rings is 1. The average molecular weight is 429 g/mol. The summed E-state index contributed by atoms with van der Waals surface area (Å²) in [6, 6.07) is 15.4. The van der Waals surface area contributed by atoms with Gasteiger partial charge < -0.3 is 5.32 Å². The van der Waals surface area contributed by atoms with E-state index >= 15 is 0 Å². The molecule has 1 atom stereocenters. The van der Waals surface area contributed by atoms with Crippen LogP contribution in [-0.2, 0) is 13.0 Å². The van der Waals surface area contributed by atoms with Gasteiger partial charge in [0.1, 0.15) is 5.54 Å². The highest BCUT2D eigenvalue weighted by molar-refractivity contribution is 5.31. The van der Waals surface area contributed by atoms with Gasteiger partial charge >= 0.3 is 6.18 Å². The second kappa shape index (κ2) is 8.60. The molecule has 2 fully saturated rings. The molecule has 4 nitrogen and oxygen atoms in total. The minimum Gasteiger partial charge on any atom is -0.303 e. The predicted molar refractivity (Wildman–Crippen MR) is 112 cm³/mol. The highest BCUT2D eigenvalue weighted by Crippen LogP contribution is 2.50. The van der Waals surface area contributed by atoms with Crippen molar-refractivity contribution in [2.75, 3.05) is 19.6 Å². The van der Waals surface area contributed by atoms with Crippen LogP contribution in [0, 0.1) is 16.7 Å². The lowest BCUT2D eigenvalue weighted by atomic mass is 9.80. The fourth-order valence-electron chi connectivity index (χ4n) is 4.52. The van der Waals surface area contributed by atoms with Crippen LogP contribution in [0.25, 0.3) is 0 Å². The lowest BCUT2D eigenvalue weighted by molar-refractivity contribution is -0.167. The first-order chi connectivity index (χ1) is 14.8. The lowest BCUT2D eigenvalue weighted by Gasteiger charge is -2.33. The summed E-state index contributed by atoms with van der Waals surface area (Å²) in [7, 11) is 0. The van der Waals surface area contributed by atoms with Gasteiger partial charge in [-0.1, -0.05) is 18.2 Å². The summed E-state index contributed by atoms with van der Waals surface area (Å²) < 4.78 is 40.4. The Labute approximate surface area is 181 Å². The quantitative estimate of drug-likeness (QED) is 0.674. The zero-order valence-corrected chi connectivity index (χ0v) is 17.5. The Balaban J connectivity index is 1.44. The predicted octanol–water partition coefficient (Wildman–Crippen LogP) is 4.46. The molecule has 0 bridgehead atoms. The maximum atomic E-state index is 13.5. The Hall–Kier alpha value is -2.43. The van der Waals surface area contributed by atoms with Crippen molar-refractivity contribution in [1.82, 2.24) is 15.2 Å². The number of hydrogen-bond donors (Lipinski definition) is 1. The fraction of sp³-hybridized carbons (Fsp3) is 0.500. The Morgan fingerprint density at radius 2 is 1.87 bits per heavy atom. The first-order valence-corrected chi connectivity index (χ1v) is 10.8. The van der Waals surface area contributed by atoms with E-state index in [2.05, 4.69) is 21.3 Å². The highest BCUT2D eigenvalue weighted by atomic mass is 19.4. The summed E-state index contributed by atoms with van der Waals surface area (Å²) in [5.41, 5.74) is 0.793. The summed E-state index contributed by atoms with van der Waals surface area (Å²) in [5, 5.41) is 11.9. The van der Waals surface area contributed by atoms with Gasteiger partial charge in [0, 0.05) is 25.8 Å². The Morgan fingerprint density at radius 3 is 2.48 bits per heavy atom. The number of hydrogen-bond acceptors (Lipinski definition) is 4. The Kier molecular flexibility index (Phi) is 6.05. The van der Waals surface area contributed by atoms with E-state index in [0.717, 1.165) is 43.6 Å². The van der Waals surface area contributed by atoms with E-state index in [9.17, 15) is 13.2 Å². The van der Waals surface area contributed by atoms with Crippen LogP contribution in [0.4, 0.5) is 13.2 Å². The number of pyridine rings is 1. The molecule has 164 valence electrons. The van der Waals surface area contributed by atoms with Crippen LogP contribution < -0.4 is 5.32 Å². The minimum atomic E-state index is -4.20. The molecule has 0 spiro atoms. The van der Waals surface area contributed by atoms with Gasteiger partial charge in [0.25, 0.3) is 0 Å². The van der Waals surface area contributed by atoms with Gasteiger partial charge in [-0.05, 0) is 73.9 Å². The van der Waals surface area contributed by atoms with Gasteiger partial charge in [-0.15, -0.1) is 0 Å². The maximum absolute atomic E-state index is 13.5. The van der Waals surface area contributed by atoms with Crippen molar-refractivity contribution in [3.8, 4) is 6.07 Å². The SMILES string of the molecule is N#Cc1ccc(CC[C@@]2(CNC3(C(F)(F)F)CC3)CCN(Cc3ccccn3)C2)cc1. The third kappa shape index (κ3) is 5.08. The molecule has 0 radical (unpaired) electrons. The van der Waals surface area contributed by atoms with Crippen molar-refractivity contribution in [3.05, 3.63) is 65.5 Å². The van der Waals surface area contributed by atoms with E-state index in [4.69, 9.17) is 5.26 Å². The molecule has 7 heteroatoms. The molecular formula is C24H27F3N4. The fourth-order valence-corrected chi connectivity index (χ4v) is 4.52. The Morgan fingerprint density at radius 1 is 1.10 bits per heavy atom. The monoisotopic (exact) mass is 428 g/mol. The summed E-state index contributed by atoms with van der Waals surface area (Å²) in [6.45, 7) is 2.68. The van der Waals surface area contributed by atoms with Gasteiger partial charge in [-0.25, -0.2) is 0 Å². The molecule has 1 saturated heterocycles. The van der Waals surface area contributed by atoms with Gasteiger partial charge in [-0.2, -0.15) is 18.4 Å². The van der Waals surface area contributed by atoms with Crippen molar-refractivity contribution in [1.29, 1.82) is 5.26 Å². The van der Waals surface area contributed by atoms with Crippen LogP contribution in [0.15, 0.2) is 48.7 Å². The first kappa shape index (κ1) is 21.8. The van der Waals surface area contributed by atoms with E-state index in [0.29, 0.717) is 18.7 Å². The average Bonchev–Trinajstić information content (AvgIpc) is 3.48. The van der Waals surface area contributed by atoms with Crippen LogP contribution in [0.2, 0.25) is 0 Å². The zero-order valence-electron chi connectivity index (χ0n) is 17.5. The van der Waals surface area contributed by atoms with Gasteiger partial charge in [-0.3, -0.25) is 9.88 Å². The summed E-state index contributed by atoms with van der Waals surface area (Å²) in [5.74, 6) is 0. The number of nitriles is 1. The highest BCUT2D eigenvalue weighted by Gasteiger charge is 2.63. The minimum absolute atomic E-state index is 0.167. The van der Waals surface area contributed by atoms with Crippen molar-refractivity contribution >= 4 is 0 Å². The molecule has 0 amide bonds. The number of halogens is 3. The number of likely N-dealkylation sites (tertiary alicyclic amines) is 1. The molecule has 1 aliphatic heterocycles. The summed E-state index contributed by atoms with van der Waals surface area (Å²) >= 11 is 0. The van der Waals surface area contributed by atoms with Gasteiger partial charge in [0.05, 0.1) is 17.3 Å². The van der Waals surface area contributed by atoms with Gasteiger partial charge in [0.2, 0.25) is 0 Å². The largest absolute Gasteiger partial charge is 0.406 e. The molecule has 0 unspecified atom stereocenters. The zero-order chi connectivity index (χ0) is 22.0. The normalized spacial score (nSPS) is 22.9. The van der Waals surface area contributed by atoms with Crippen LogP contribution >= 0.6 is 0 Å². The van der Waals surface area contributed by atoms with Crippen molar-refractivity contribution in [2.45, 2.75) is 50.4 Å². The smallest absolute Gasteiger partial charge is 0.303 e. The topological polar surface area (TPSA) is 52.0 Å². The molecule has 2 heterocycles. The standard InChI is InChI=1S/C24H27F3N4/c25-24(26,27)23(10-11-23)30-17-22(9-8-19-4-6-20(15-28)7-5-19)12-14-31(18-22)16-21-3-1-2-13-29-21/h1-7,13,30H,8-12,14,16-18H2/t22-/m0/s1. The van der Waals surface area contributed by atoms with Crippen molar-refractivity contribution < 1.29 is 13.2 Å². The van der Waals surface area contributed by atoms with Gasteiger partial charge in [0.15, 0.2) is 0 Å². The number of aromatic nitrogens is 1. The number of nitrogens with zero attached hydrogens (tertiary/aromatic N) is 3. The van der Waals surface area contributed by atoms with Crippen molar-refractivity contribution in [2.24, 2.45) is 5.41 Å². The molecule has 1 aromatic carbocycles. The van der Waals surface area contributed by atoms with Crippen LogP contribution in [0.1, 0.15) is 42.5 Å². The third-order valence-electron chi connectivity index (χ3n) is 6.75. The van der Waals surface area contributed by atoms with Crippen LogP contribution in [0.3, 0.4) is 0 Å². The lowest BCUT2D eigenvalue weighted by Crippen LogP contribution is -2.50. The van der Waals surface area contributed by atoms with E-state index in [1.807, 2.05) is 30.3 Å². The summed E-state index contributed by atoms with van der Waals surface area (Å²) in [4.78, 5) is 6.70. The number of rotatable bonds is 8. The first-order valence-electron chi connectivity index (χ1n) is 10.8. The number of nitrogens with one attached hydrogen (secondary N) is 1. The van der Waals surface area contributed by atoms with Crippen LogP contribution in [-0.4, -0.2) is 41.2 Å². The molecule has 2 aliphatic rings. The molecular weight excluding hydrogens is 401 g/mol. The molecule has 1 N–H and O–H groups in total. The van der Waals surface area contributed by atoms with E-state index < -0.39 is 11.7 Å². The number of aryl methyl sites for hydroxylation is 1. The van der Waals surface area contributed by atoms with Crippen molar-refractivity contribution in [3.63, 3.8) is 0 Å². The molecule has 31 heavy (non-hydrogen) atoms. The van der Waals surface area contributed by atoms with E-state index in [1.54, 1.807) is 18.3 Å². The maximum Gasteiger partial charge on any atom is 0.406 e. The summed E-state index contributed by atoms with van der Waals surface area (Å²) in [6.07, 6.45) is 0.345. The molecule has 2 aromatic rings. The van der Waals surface area contributed by atoms with E-state index in [-0.39, 0.29) is 18.3 Å². The second-order valence-electron chi connectivity index (χ2n) is 9.02. The van der Waals surface area contributed by atoms with E-state index in [1.165, 1.54) is 0 Å².